The number of nitrogens with one attached hydrogen (secondary N) is 1. The highest BCUT2D eigenvalue weighted by Crippen LogP contribution is 2.29. The number of nitrogens with zero attached hydrogens (tertiary/aromatic N) is 1. The first-order valence-corrected chi connectivity index (χ1v) is 10.2. The van der Waals surface area contributed by atoms with Gasteiger partial charge in [0, 0.05) is 23.5 Å². The van der Waals surface area contributed by atoms with Crippen LogP contribution >= 0.6 is 0 Å². The summed E-state index contributed by atoms with van der Waals surface area (Å²) in [6.45, 7) is 2.67. The lowest BCUT2D eigenvalue weighted by Gasteiger charge is -2.17. The third kappa shape index (κ3) is 4.20. The molecule has 3 aromatic carbocycles. The number of benzene rings is 3. The Morgan fingerprint density at radius 1 is 0.967 bits per heavy atom. The van der Waals surface area contributed by atoms with Gasteiger partial charge in [0.15, 0.2) is 6.61 Å². The van der Waals surface area contributed by atoms with Gasteiger partial charge >= 0.3 is 0 Å². The second-order valence-electron chi connectivity index (χ2n) is 7.21. The smallest absolute Gasteiger partial charge is 0.262 e. The van der Waals surface area contributed by atoms with Crippen molar-refractivity contribution in [1.82, 2.24) is 0 Å². The molecule has 1 aliphatic rings. The molecule has 0 saturated heterocycles. The summed E-state index contributed by atoms with van der Waals surface area (Å²) in [4.78, 5) is 26.9. The van der Waals surface area contributed by atoms with Gasteiger partial charge in [-0.1, -0.05) is 43.3 Å². The van der Waals surface area contributed by atoms with Gasteiger partial charge in [0.1, 0.15) is 5.75 Å². The first kappa shape index (κ1) is 19.7. The standard InChI is InChI=1S/C25H24N2O3/c1-2-18-7-4-6-10-23(18)30-17-24(28)26-21-13-11-20(12-14-21)25(29)27-16-15-19-8-3-5-9-22(19)27/h3-14H,2,15-17H2,1H3,(H,26,28). The minimum absolute atomic E-state index is 0.0302. The van der Waals surface area contributed by atoms with Crippen LogP contribution in [-0.4, -0.2) is 25.0 Å². The second kappa shape index (κ2) is 8.82. The van der Waals surface area contributed by atoms with Gasteiger partial charge in [-0.3, -0.25) is 9.59 Å². The van der Waals surface area contributed by atoms with Gasteiger partial charge in [0.25, 0.3) is 11.8 Å². The summed E-state index contributed by atoms with van der Waals surface area (Å²) in [6, 6.07) is 22.6. The second-order valence-corrected chi connectivity index (χ2v) is 7.21. The normalized spacial score (nSPS) is 12.4. The van der Waals surface area contributed by atoms with E-state index in [1.165, 1.54) is 5.56 Å². The lowest BCUT2D eigenvalue weighted by Crippen LogP contribution is -2.28. The number of aryl methyl sites for hydroxylation is 1. The van der Waals surface area contributed by atoms with Gasteiger partial charge in [-0.15, -0.1) is 0 Å². The van der Waals surface area contributed by atoms with E-state index in [2.05, 4.69) is 11.4 Å². The lowest BCUT2D eigenvalue weighted by atomic mass is 10.1. The van der Waals surface area contributed by atoms with Crippen LogP contribution in [-0.2, 0) is 17.6 Å². The van der Waals surface area contributed by atoms with E-state index < -0.39 is 0 Å². The van der Waals surface area contributed by atoms with E-state index in [1.807, 2.05) is 54.3 Å². The van der Waals surface area contributed by atoms with E-state index >= 15 is 0 Å². The van der Waals surface area contributed by atoms with E-state index in [0.717, 1.165) is 29.8 Å². The SMILES string of the molecule is CCc1ccccc1OCC(=O)Nc1ccc(C(=O)N2CCc3ccccc32)cc1. The number of rotatable bonds is 6. The van der Waals surface area contributed by atoms with Crippen LogP contribution in [0.25, 0.3) is 0 Å². The number of fused-ring (bicyclic) bond motifs is 1. The molecule has 0 aliphatic carbocycles. The molecule has 0 radical (unpaired) electrons. The molecule has 0 aromatic heterocycles. The Hall–Kier alpha value is -3.60. The molecule has 1 N–H and O–H groups in total. The van der Waals surface area contributed by atoms with Crippen LogP contribution in [0.15, 0.2) is 72.8 Å². The Kier molecular flexibility index (Phi) is 5.80. The van der Waals surface area contributed by atoms with Crippen molar-refractivity contribution in [2.24, 2.45) is 0 Å². The molecule has 30 heavy (non-hydrogen) atoms. The average molecular weight is 400 g/mol. The van der Waals surface area contributed by atoms with Crippen molar-refractivity contribution in [1.29, 1.82) is 0 Å². The van der Waals surface area contributed by atoms with Crippen molar-refractivity contribution in [3.05, 3.63) is 89.5 Å². The van der Waals surface area contributed by atoms with Crippen molar-refractivity contribution < 1.29 is 14.3 Å². The van der Waals surface area contributed by atoms with E-state index in [1.54, 1.807) is 24.3 Å². The number of hydrogen-bond acceptors (Lipinski definition) is 3. The maximum atomic E-state index is 12.9. The van der Waals surface area contributed by atoms with Crippen LogP contribution < -0.4 is 15.0 Å². The number of amides is 2. The van der Waals surface area contributed by atoms with E-state index in [4.69, 9.17) is 4.74 Å². The van der Waals surface area contributed by atoms with Crippen LogP contribution in [0, 0.1) is 0 Å². The zero-order valence-corrected chi connectivity index (χ0v) is 16.9. The molecule has 0 saturated carbocycles. The van der Waals surface area contributed by atoms with E-state index in [-0.39, 0.29) is 18.4 Å². The minimum Gasteiger partial charge on any atom is -0.483 e. The maximum Gasteiger partial charge on any atom is 0.262 e. The Labute approximate surface area is 176 Å². The monoisotopic (exact) mass is 400 g/mol. The topological polar surface area (TPSA) is 58.6 Å². The molecule has 3 aromatic rings. The van der Waals surface area contributed by atoms with Crippen molar-refractivity contribution in [3.8, 4) is 5.75 Å². The molecule has 0 unspecified atom stereocenters. The molecule has 0 fully saturated rings. The Bertz CT molecular complexity index is 1060. The molecule has 0 spiro atoms. The lowest BCUT2D eigenvalue weighted by molar-refractivity contribution is -0.118. The number of ether oxygens (including phenoxy) is 1. The third-order valence-electron chi connectivity index (χ3n) is 5.26. The summed E-state index contributed by atoms with van der Waals surface area (Å²) in [7, 11) is 0. The fourth-order valence-corrected chi connectivity index (χ4v) is 3.68. The number of anilines is 2. The predicted molar refractivity (Wildman–Crippen MR) is 118 cm³/mol. The fraction of sp³-hybridized carbons (Fsp3) is 0.200. The minimum atomic E-state index is -0.242. The Morgan fingerprint density at radius 3 is 2.50 bits per heavy atom. The molecule has 0 bridgehead atoms. The van der Waals surface area contributed by atoms with Crippen molar-refractivity contribution >= 4 is 23.2 Å². The van der Waals surface area contributed by atoms with Gasteiger partial charge in [-0.05, 0) is 60.4 Å². The molecule has 5 nitrogen and oxygen atoms in total. The Balaban J connectivity index is 1.36. The molecule has 0 atom stereocenters. The average Bonchev–Trinajstić information content (AvgIpc) is 3.22. The predicted octanol–water partition coefficient (Wildman–Crippen LogP) is 4.47. The molecule has 152 valence electrons. The van der Waals surface area contributed by atoms with Crippen molar-refractivity contribution in [3.63, 3.8) is 0 Å². The highest BCUT2D eigenvalue weighted by Gasteiger charge is 2.25. The molecular weight excluding hydrogens is 376 g/mol. The number of carbonyl (C=O) groups is 2. The molecule has 1 aliphatic heterocycles. The van der Waals surface area contributed by atoms with Gasteiger partial charge in [0.05, 0.1) is 0 Å². The van der Waals surface area contributed by atoms with Crippen LogP contribution in [0.3, 0.4) is 0 Å². The van der Waals surface area contributed by atoms with Gasteiger partial charge in [-0.25, -0.2) is 0 Å². The maximum absolute atomic E-state index is 12.9. The van der Waals surface area contributed by atoms with E-state index in [9.17, 15) is 9.59 Å². The van der Waals surface area contributed by atoms with Gasteiger partial charge in [-0.2, -0.15) is 0 Å². The fourth-order valence-electron chi connectivity index (χ4n) is 3.68. The largest absolute Gasteiger partial charge is 0.483 e. The van der Waals surface area contributed by atoms with Gasteiger partial charge < -0.3 is 15.0 Å². The summed E-state index contributed by atoms with van der Waals surface area (Å²) in [5.41, 5.74) is 4.46. The number of hydrogen-bond donors (Lipinski definition) is 1. The van der Waals surface area contributed by atoms with Crippen molar-refractivity contribution in [2.45, 2.75) is 19.8 Å². The number of para-hydroxylation sites is 2. The highest BCUT2D eigenvalue weighted by molar-refractivity contribution is 6.07. The van der Waals surface area contributed by atoms with E-state index in [0.29, 0.717) is 17.8 Å². The van der Waals surface area contributed by atoms with Crippen LogP contribution in [0.1, 0.15) is 28.4 Å². The zero-order valence-electron chi connectivity index (χ0n) is 16.9. The zero-order chi connectivity index (χ0) is 20.9. The quantitative estimate of drug-likeness (QED) is 0.664. The molecule has 1 heterocycles. The Morgan fingerprint density at radius 2 is 1.70 bits per heavy atom. The first-order chi connectivity index (χ1) is 14.7. The molecular formula is C25H24N2O3. The van der Waals surface area contributed by atoms with Crippen LogP contribution in [0.5, 0.6) is 5.75 Å². The van der Waals surface area contributed by atoms with Crippen LogP contribution in [0.2, 0.25) is 0 Å². The molecule has 4 rings (SSSR count). The summed E-state index contributed by atoms with van der Waals surface area (Å²) >= 11 is 0. The molecule has 2 amide bonds. The highest BCUT2D eigenvalue weighted by atomic mass is 16.5. The number of carbonyl (C=O) groups excluding carboxylic acids is 2. The summed E-state index contributed by atoms with van der Waals surface area (Å²) in [6.07, 6.45) is 1.71. The van der Waals surface area contributed by atoms with Crippen LogP contribution in [0.4, 0.5) is 11.4 Å². The third-order valence-corrected chi connectivity index (χ3v) is 5.26. The molecule has 5 heteroatoms. The summed E-state index contributed by atoms with van der Waals surface area (Å²) in [5, 5.41) is 2.81. The first-order valence-electron chi connectivity index (χ1n) is 10.2. The van der Waals surface area contributed by atoms with Gasteiger partial charge in [0.2, 0.25) is 0 Å². The van der Waals surface area contributed by atoms with Crippen molar-refractivity contribution in [2.75, 3.05) is 23.4 Å². The summed E-state index contributed by atoms with van der Waals surface area (Å²) < 4.78 is 5.65. The summed E-state index contributed by atoms with van der Waals surface area (Å²) in [5.74, 6) is 0.452.